The van der Waals surface area contributed by atoms with E-state index in [2.05, 4.69) is 0 Å². The molecule has 0 heterocycles. The molecule has 0 aromatic carbocycles. The molecule has 0 fully saturated rings. The van der Waals surface area contributed by atoms with Crippen LogP contribution in [-0.4, -0.2) is 52.8 Å². The number of hydrogen-bond acceptors (Lipinski definition) is 6. The number of amides is 2. The molecule has 0 saturated carbocycles. The second-order valence-electron chi connectivity index (χ2n) is 8.29. The summed E-state index contributed by atoms with van der Waals surface area (Å²) in [6, 6.07) is 0. The molecule has 0 aromatic heterocycles. The lowest BCUT2D eigenvalue weighted by Gasteiger charge is -2.41. The highest BCUT2D eigenvalue weighted by molar-refractivity contribution is 5.96. The van der Waals surface area contributed by atoms with E-state index in [0.29, 0.717) is 0 Å². The number of ether oxygens (including phenoxy) is 3. The van der Waals surface area contributed by atoms with E-state index in [1.54, 1.807) is 0 Å². The molecule has 2 amide bonds. The second-order valence-corrected chi connectivity index (χ2v) is 8.29. The Morgan fingerprint density at radius 1 is 0.889 bits per heavy atom. The van der Waals surface area contributed by atoms with Crippen molar-refractivity contribution in [1.82, 2.24) is 4.90 Å². The zero-order valence-corrected chi connectivity index (χ0v) is 17.5. The summed E-state index contributed by atoms with van der Waals surface area (Å²) < 4.78 is 42.3. The topological polar surface area (TPSA) is 82.1 Å². The lowest BCUT2D eigenvalue weighted by atomic mass is 9.85. The molecule has 27 heavy (non-hydrogen) atoms. The molecule has 0 unspecified atom stereocenters. The highest BCUT2D eigenvalue weighted by atomic mass is 19.3. The highest BCUT2D eigenvalue weighted by Gasteiger charge is 2.56. The molecule has 7 nitrogen and oxygen atoms in total. The first-order chi connectivity index (χ1) is 12.0. The van der Waals surface area contributed by atoms with E-state index in [-0.39, 0.29) is 11.5 Å². The number of nitrogens with zero attached hydrogens (tertiary/aromatic N) is 1. The molecule has 0 saturated heterocycles. The van der Waals surface area contributed by atoms with Crippen LogP contribution in [0.5, 0.6) is 0 Å². The van der Waals surface area contributed by atoms with Gasteiger partial charge in [0.05, 0.1) is 12.5 Å². The maximum absolute atomic E-state index is 13.5. The number of imide groups is 1. The first kappa shape index (κ1) is 25.1. The van der Waals surface area contributed by atoms with E-state index in [0.717, 1.165) is 13.8 Å². The van der Waals surface area contributed by atoms with E-state index < -0.39 is 47.2 Å². The number of halogens is 2. The van der Waals surface area contributed by atoms with E-state index in [9.17, 15) is 23.2 Å². The Balaban J connectivity index is 6.38. The number of esters is 1. The average molecular weight is 395 g/mol. The van der Waals surface area contributed by atoms with Crippen LogP contribution in [0.3, 0.4) is 0 Å². The summed E-state index contributed by atoms with van der Waals surface area (Å²) in [5.74, 6) is -2.90. The van der Waals surface area contributed by atoms with Crippen LogP contribution in [0.25, 0.3) is 0 Å². The molecule has 158 valence electrons. The predicted octanol–water partition coefficient (Wildman–Crippen LogP) is 4.38. The third-order valence-electron chi connectivity index (χ3n) is 3.57. The first-order valence-electron chi connectivity index (χ1n) is 8.69. The van der Waals surface area contributed by atoms with Crippen molar-refractivity contribution in [2.75, 3.05) is 6.61 Å². The summed E-state index contributed by atoms with van der Waals surface area (Å²) in [6.45, 7) is 12.7. The quantitative estimate of drug-likeness (QED) is 0.507. The van der Waals surface area contributed by atoms with Crippen LogP contribution in [-0.2, 0) is 19.0 Å². The maximum atomic E-state index is 13.5. The Kier molecular flexibility index (Phi) is 8.21. The molecular weight excluding hydrogens is 364 g/mol. The molecule has 2 atom stereocenters. The van der Waals surface area contributed by atoms with Crippen LogP contribution in [0.1, 0.15) is 62.3 Å². The highest BCUT2D eigenvalue weighted by Crippen LogP contribution is 2.34. The molecular formula is C18H31F2NO6. The zero-order chi connectivity index (χ0) is 21.8. The number of rotatable bonds is 5. The van der Waals surface area contributed by atoms with Gasteiger partial charge in [-0.1, -0.05) is 6.92 Å². The van der Waals surface area contributed by atoms with Gasteiger partial charge in [0.15, 0.2) is 5.54 Å². The molecule has 0 bridgehead atoms. The van der Waals surface area contributed by atoms with Gasteiger partial charge in [0.25, 0.3) is 0 Å². The van der Waals surface area contributed by atoms with Crippen molar-refractivity contribution >= 4 is 18.2 Å². The van der Waals surface area contributed by atoms with Gasteiger partial charge in [-0.05, 0) is 55.4 Å². The zero-order valence-electron chi connectivity index (χ0n) is 17.5. The summed E-state index contributed by atoms with van der Waals surface area (Å²) in [6.07, 6.45) is -5.58. The van der Waals surface area contributed by atoms with Crippen LogP contribution in [0.4, 0.5) is 18.4 Å². The molecule has 0 aliphatic carbocycles. The Morgan fingerprint density at radius 2 is 1.26 bits per heavy atom. The standard InChI is InChI=1S/C18H31F2NO6/c1-10-25-13(22)18(9,11(2)12(19)20)21(14(23)26-16(3,4)5)15(24)27-17(6,7)8/h11-12H,10H2,1-9H3/t11-,18+/m0/s1. The summed E-state index contributed by atoms with van der Waals surface area (Å²) >= 11 is 0. The summed E-state index contributed by atoms with van der Waals surface area (Å²) in [4.78, 5) is 38.3. The maximum Gasteiger partial charge on any atom is 0.420 e. The van der Waals surface area contributed by atoms with E-state index in [1.165, 1.54) is 48.5 Å². The van der Waals surface area contributed by atoms with Crippen molar-refractivity contribution in [3.8, 4) is 0 Å². The van der Waals surface area contributed by atoms with Gasteiger partial charge >= 0.3 is 18.2 Å². The molecule has 0 aromatic rings. The smallest absolute Gasteiger partial charge is 0.420 e. The summed E-state index contributed by atoms with van der Waals surface area (Å²) in [5.41, 5.74) is -4.42. The molecule has 0 aliphatic rings. The molecule has 0 radical (unpaired) electrons. The predicted molar refractivity (Wildman–Crippen MR) is 94.5 cm³/mol. The third-order valence-corrected chi connectivity index (χ3v) is 3.57. The minimum Gasteiger partial charge on any atom is -0.464 e. The molecule has 9 heteroatoms. The van der Waals surface area contributed by atoms with Gasteiger partial charge in [0.1, 0.15) is 11.2 Å². The fourth-order valence-corrected chi connectivity index (χ4v) is 2.07. The minimum absolute atomic E-state index is 0.124. The fraction of sp³-hybridized carbons (Fsp3) is 0.833. The Hall–Kier alpha value is -1.93. The SMILES string of the molecule is CCOC(=O)[C@@](C)([C@@H](C)C(F)F)N(C(=O)OC(C)(C)C)C(=O)OC(C)(C)C. The third kappa shape index (κ3) is 6.95. The Labute approximate surface area is 159 Å². The number of hydrogen-bond donors (Lipinski definition) is 0. The van der Waals surface area contributed by atoms with Crippen LogP contribution in [0.2, 0.25) is 0 Å². The van der Waals surface area contributed by atoms with Crippen LogP contribution in [0.15, 0.2) is 0 Å². The molecule has 0 N–H and O–H groups in total. The summed E-state index contributed by atoms with van der Waals surface area (Å²) in [5, 5.41) is 0. The van der Waals surface area contributed by atoms with Crippen molar-refractivity contribution in [1.29, 1.82) is 0 Å². The Bertz CT molecular complexity index is 525. The normalized spacial score (nSPS) is 15.6. The fourth-order valence-electron chi connectivity index (χ4n) is 2.07. The monoisotopic (exact) mass is 395 g/mol. The van der Waals surface area contributed by atoms with Crippen molar-refractivity contribution < 1.29 is 37.4 Å². The van der Waals surface area contributed by atoms with Gasteiger partial charge < -0.3 is 14.2 Å². The minimum atomic E-state index is -3.02. The molecule has 0 spiro atoms. The van der Waals surface area contributed by atoms with Crippen molar-refractivity contribution in [3.05, 3.63) is 0 Å². The average Bonchev–Trinajstić information content (AvgIpc) is 2.42. The van der Waals surface area contributed by atoms with Crippen LogP contribution >= 0.6 is 0 Å². The lowest BCUT2D eigenvalue weighted by molar-refractivity contribution is -0.163. The van der Waals surface area contributed by atoms with Gasteiger partial charge in [0.2, 0.25) is 6.43 Å². The number of carbonyl (C=O) groups excluding carboxylic acids is 3. The van der Waals surface area contributed by atoms with Crippen molar-refractivity contribution in [3.63, 3.8) is 0 Å². The lowest BCUT2D eigenvalue weighted by Crippen LogP contribution is -2.64. The first-order valence-corrected chi connectivity index (χ1v) is 8.69. The van der Waals surface area contributed by atoms with Gasteiger partial charge in [-0.25, -0.2) is 23.2 Å². The summed E-state index contributed by atoms with van der Waals surface area (Å²) in [7, 11) is 0. The van der Waals surface area contributed by atoms with Crippen LogP contribution in [0, 0.1) is 5.92 Å². The van der Waals surface area contributed by atoms with Gasteiger partial charge in [-0.15, -0.1) is 0 Å². The van der Waals surface area contributed by atoms with Gasteiger partial charge in [-0.3, -0.25) is 0 Å². The van der Waals surface area contributed by atoms with E-state index in [4.69, 9.17) is 14.2 Å². The largest absolute Gasteiger partial charge is 0.464 e. The number of carbonyl (C=O) groups is 3. The van der Waals surface area contributed by atoms with Crippen molar-refractivity contribution in [2.24, 2.45) is 5.92 Å². The molecule has 0 rings (SSSR count). The van der Waals surface area contributed by atoms with Crippen molar-refractivity contribution in [2.45, 2.75) is 85.5 Å². The Morgan fingerprint density at radius 3 is 1.52 bits per heavy atom. The number of alkyl halides is 2. The van der Waals surface area contributed by atoms with Crippen LogP contribution < -0.4 is 0 Å². The molecule has 0 aliphatic heterocycles. The second kappa shape index (κ2) is 8.84. The van der Waals surface area contributed by atoms with Gasteiger partial charge in [-0.2, -0.15) is 4.90 Å². The van der Waals surface area contributed by atoms with E-state index >= 15 is 0 Å². The van der Waals surface area contributed by atoms with Gasteiger partial charge in [0, 0.05) is 0 Å². The van der Waals surface area contributed by atoms with E-state index in [1.807, 2.05) is 0 Å².